The van der Waals surface area contributed by atoms with Crippen molar-refractivity contribution in [2.75, 3.05) is 16.8 Å². The van der Waals surface area contributed by atoms with E-state index in [1.165, 1.54) is 0 Å². The Morgan fingerprint density at radius 3 is 2.38 bits per heavy atom. The van der Waals surface area contributed by atoms with Gasteiger partial charge >= 0.3 is 0 Å². The third kappa shape index (κ3) is 4.37. The highest BCUT2D eigenvalue weighted by atomic mass is 16.2. The minimum atomic E-state index is -0.0694. The number of carbonyl (C=O) groups excluding carboxylic acids is 2. The number of carbonyl (C=O) groups is 2. The molecule has 0 aromatic heterocycles. The predicted molar refractivity (Wildman–Crippen MR) is 117 cm³/mol. The lowest BCUT2D eigenvalue weighted by atomic mass is 10.0. The van der Waals surface area contributed by atoms with Crippen LogP contribution in [0.5, 0.6) is 0 Å². The summed E-state index contributed by atoms with van der Waals surface area (Å²) >= 11 is 0. The van der Waals surface area contributed by atoms with Gasteiger partial charge in [-0.3, -0.25) is 9.59 Å². The van der Waals surface area contributed by atoms with Crippen molar-refractivity contribution < 1.29 is 9.59 Å². The molecule has 0 bridgehead atoms. The number of anilines is 2. The second-order valence-corrected chi connectivity index (χ2v) is 7.44. The lowest BCUT2D eigenvalue weighted by Crippen LogP contribution is -2.24. The summed E-state index contributed by atoms with van der Waals surface area (Å²) in [6.45, 7) is 2.73. The SMILES string of the molecule is Cc1ccc(NC(=O)Cc2ccc(-c3ccccc3)cc2)cc1N1CCCC1=O. The van der Waals surface area contributed by atoms with Crippen molar-refractivity contribution in [2.45, 2.75) is 26.2 Å². The predicted octanol–water partition coefficient (Wildman–Crippen LogP) is 4.97. The van der Waals surface area contributed by atoms with E-state index in [9.17, 15) is 9.59 Å². The van der Waals surface area contributed by atoms with Gasteiger partial charge < -0.3 is 10.2 Å². The van der Waals surface area contributed by atoms with Crippen molar-refractivity contribution in [3.63, 3.8) is 0 Å². The second kappa shape index (κ2) is 8.31. The van der Waals surface area contributed by atoms with Crippen LogP contribution >= 0.6 is 0 Å². The molecule has 146 valence electrons. The quantitative estimate of drug-likeness (QED) is 0.675. The van der Waals surface area contributed by atoms with Crippen molar-refractivity contribution in [3.05, 3.63) is 83.9 Å². The normalized spacial score (nSPS) is 13.6. The smallest absolute Gasteiger partial charge is 0.228 e. The summed E-state index contributed by atoms with van der Waals surface area (Å²) in [6.07, 6.45) is 1.78. The second-order valence-electron chi connectivity index (χ2n) is 7.44. The molecule has 3 aromatic rings. The topological polar surface area (TPSA) is 49.4 Å². The maximum absolute atomic E-state index is 12.5. The average molecular weight is 384 g/mol. The standard InChI is InChI=1S/C25H24N2O2/c1-18-9-14-22(17-23(18)27-15-5-8-25(27)29)26-24(28)16-19-10-12-21(13-11-19)20-6-3-2-4-7-20/h2-4,6-7,9-14,17H,5,8,15-16H2,1H3,(H,26,28). The van der Waals surface area contributed by atoms with Crippen molar-refractivity contribution in [1.29, 1.82) is 0 Å². The van der Waals surface area contributed by atoms with Gasteiger partial charge in [-0.15, -0.1) is 0 Å². The summed E-state index contributed by atoms with van der Waals surface area (Å²) in [6, 6.07) is 24.0. The van der Waals surface area contributed by atoms with E-state index in [1.807, 2.05) is 72.5 Å². The number of hydrogen-bond acceptors (Lipinski definition) is 2. The summed E-state index contributed by atoms with van der Waals surface area (Å²) in [5, 5.41) is 2.97. The monoisotopic (exact) mass is 384 g/mol. The molecule has 2 amide bonds. The van der Waals surface area contributed by atoms with Crippen LogP contribution in [0.2, 0.25) is 0 Å². The number of nitrogens with one attached hydrogen (secondary N) is 1. The molecule has 1 aliphatic heterocycles. The van der Waals surface area contributed by atoms with Gasteiger partial charge in [0.15, 0.2) is 0 Å². The van der Waals surface area contributed by atoms with Crippen LogP contribution in [0.1, 0.15) is 24.0 Å². The van der Waals surface area contributed by atoms with Gasteiger partial charge in [0, 0.05) is 24.3 Å². The molecule has 0 radical (unpaired) electrons. The van der Waals surface area contributed by atoms with Crippen molar-refractivity contribution in [3.8, 4) is 11.1 Å². The van der Waals surface area contributed by atoms with Gasteiger partial charge in [-0.05, 0) is 47.7 Å². The first-order valence-corrected chi connectivity index (χ1v) is 9.95. The van der Waals surface area contributed by atoms with Crippen LogP contribution in [0.4, 0.5) is 11.4 Å². The number of benzene rings is 3. The highest BCUT2D eigenvalue weighted by Crippen LogP contribution is 2.28. The van der Waals surface area contributed by atoms with Gasteiger partial charge in [0.05, 0.1) is 6.42 Å². The lowest BCUT2D eigenvalue weighted by molar-refractivity contribution is -0.117. The average Bonchev–Trinajstić information content (AvgIpc) is 3.16. The van der Waals surface area contributed by atoms with E-state index in [0.29, 0.717) is 12.8 Å². The number of hydrogen-bond donors (Lipinski definition) is 1. The third-order valence-electron chi connectivity index (χ3n) is 5.28. The number of amides is 2. The van der Waals surface area contributed by atoms with Crippen molar-refractivity contribution >= 4 is 23.2 Å². The molecule has 4 nitrogen and oxygen atoms in total. The fourth-order valence-corrected chi connectivity index (χ4v) is 3.72. The zero-order valence-electron chi connectivity index (χ0n) is 16.5. The summed E-state index contributed by atoms with van der Waals surface area (Å²) in [5.41, 5.74) is 5.90. The van der Waals surface area contributed by atoms with Crippen LogP contribution in [0.3, 0.4) is 0 Å². The Hall–Kier alpha value is -3.40. The summed E-state index contributed by atoms with van der Waals surface area (Å²) in [4.78, 5) is 26.4. The minimum Gasteiger partial charge on any atom is -0.326 e. The van der Waals surface area contributed by atoms with E-state index < -0.39 is 0 Å². The third-order valence-corrected chi connectivity index (χ3v) is 5.28. The summed E-state index contributed by atoms with van der Waals surface area (Å²) < 4.78 is 0. The molecule has 0 aliphatic carbocycles. The Morgan fingerprint density at radius 2 is 1.69 bits per heavy atom. The summed E-state index contributed by atoms with van der Waals surface area (Å²) in [7, 11) is 0. The molecule has 0 saturated carbocycles. The molecule has 0 unspecified atom stereocenters. The molecule has 3 aromatic carbocycles. The van der Waals surface area contributed by atoms with Gasteiger partial charge in [0.25, 0.3) is 0 Å². The van der Waals surface area contributed by atoms with Crippen molar-refractivity contribution in [1.82, 2.24) is 0 Å². The first kappa shape index (κ1) is 18.9. The van der Waals surface area contributed by atoms with Crippen LogP contribution < -0.4 is 10.2 Å². The van der Waals surface area contributed by atoms with Crippen LogP contribution in [0.25, 0.3) is 11.1 Å². The maximum Gasteiger partial charge on any atom is 0.228 e. The molecule has 4 heteroatoms. The fourth-order valence-electron chi connectivity index (χ4n) is 3.72. The highest BCUT2D eigenvalue weighted by molar-refractivity contribution is 5.98. The van der Waals surface area contributed by atoms with E-state index in [-0.39, 0.29) is 11.8 Å². The van der Waals surface area contributed by atoms with Gasteiger partial charge in [-0.2, -0.15) is 0 Å². The first-order valence-electron chi connectivity index (χ1n) is 9.95. The largest absolute Gasteiger partial charge is 0.326 e. The number of rotatable bonds is 5. The molecular formula is C25H24N2O2. The molecule has 1 heterocycles. The Bertz CT molecular complexity index is 1030. The lowest BCUT2D eigenvalue weighted by Gasteiger charge is -2.19. The Kier molecular flexibility index (Phi) is 5.43. The van der Waals surface area contributed by atoms with Gasteiger partial charge in [-0.1, -0.05) is 60.7 Å². The zero-order valence-corrected chi connectivity index (χ0v) is 16.5. The van der Waals surface area contributed by atoms with Crippen LogP contribution in [0, 0.1) is 6.92 Å². The van der Waals surface area contributed by atoms with Gasteiger partial charge in [0.2, 0.25) is 11.8 Å². The summed E-state index contributed by atoms with van der Waals surface area (Å²) in [5.74, 6) is 0.0788. The van der Waals surface area contributed by atoms with Crippen LogP contribution in [0.15, 0.2) is 72.8 Å². The van der Waals surface area contributed by atoms with Crippen LogP contribution in [-0.2, 0) is 16.0 Å². The fraction of sp³-hybridized carbons (Fsp3) is 0.200. The minimum absolute atomic E-state index is 0.0694. The molecule has 0 atom stereocenters. The van der Waals surface area contributed by atoms with E-state index >= 15 is 0 Å². The number of nitrogens with zero attached hydrogens (tertiary/aromatic N) is 1. The van der Waals surface area contributed by atoms with E-state index in [1.54, 1.807) is 0 Å². The molecule has 1 N–H and O–H groups in total. The van der Waals surface area contributed by atoms with Gasteiger partial charge in [0.1, 0.15) is 0 Å². The maximum atomic E-state index is 12.5. The number of aryl methyl sites for hydroxylation is 1. The Morgan fingerprint density at radius 1 is 0.966 bits per heavy atom. The molecular weight excluding hydrogens is 360 g/mol. The molecule has 0 spiro atoms. The van der Waals surface area contributed by atoms with E-state index in [2.05, 4.69) is 17.4 Å². The van der Waals surface area contributed by atoms with Crippen LogP contribution in [-0.4, -0.2) is 18.4 Å². The van der Waals surface area contributed by atoms with E-state index in [0.717, 1.165) is 46.6 Å². The molecule has 1 saturated heterocycles. The zero-order chi connectivity index (χ0) is 20.2. The molecule has 1 aliphatic rings. The molecule has 29 heavy (non-hydrogen) atoms. The highest BCUT2D eigenvalue weighted by Gasteiger charge is 2.23. The Labute approximate surface area is 171 Å². The molecule has 1 fully saturated rings. The first-order chi connectivity index (χ1) is 14.1. The van der Waals surface area contributed by atoms with Gasteiger partial charge in [-0.25, -0.2) is 0 Å². The van der Waals surface area contributed by atoms with E-state index in [4.69, 9.17) is 0 Å². The van der Waals surface area contributed by atoms with Crippen molar-refractivity contribution in [2.24, 2.45) is 0 Å². The Balaban J connectivity index is 1.43. The molecule has 4 rings (SSSR count).